The van der Waals surface area contributed by atoms with E-state index in [0.717, 1.165) is 30.8 Å². The second kappa shape index (κ2) is 4.45. The van der Waals surface area contributed by atoms with Crippen LogP contribution in [0.1, 0.15) is 50.3 Å². The third kappa shape index (κ3) is 2.31. The molecule has 0 bridgehead atoms. The van der Waals surface area contributed by atoms with E-state index in [2.05, 4.69) is 51.7 Å². The number of fused-ring (bicyclic) bond motifs is 1. The highest BCUT2D eigenvalue weighted by molar-refractivity contribution is 5.52. The molecule has 1 heteroatoms. The standard InChI is InChI=1S/C16H20O/c1-5-6-7-13-11-14-15(10-12(13)2)17-9-8-16(14,3)4/h10-11H,5,8-9H2,1-4H3. The van der Waals surface area contributed by atoms with Crippen molar-refractivity contribution in [1.29, 1.82) is 0 Å². The van der Waals surface area contributed by atoms with E-state index < -0.39 is 0 Å². The predicted molar refractivity (Wildman–Crippen MR) is 71.5 cm³/mol. The Bertz CT molecular complexity index is 486. The lowest BCUT2D eigenvalue weighted by Gasteiger charge is -2.33. The van der Waals surface area contributed by atoms with Crippen LogP contribution in [0.15, 0.2) is 12.1 Å². The van der Waals surface area contributed by atoms with Crippen molar-refractivity contribution >= 4 is 0 Å². The highest BCUT2D eigenvalue weighted by atomic mass is 16.5. The van der Waals surface area contributed by atoms with Gasteiger partial charge in [0.1, 0.15) is 5.75 Å². The fourth-order valence-corrected chi connectivity index (χ4v) is 2.20. The van der Waals surface area contributed by atoms with Gasteiger partial charge in [0.2, 0.25) is 0 Å². The van der Waals surface area contributed by atoms with Crippen LogP contribution in [0.3, 0.4) is 0 Å². The van der Waals surface area contributed by atoms with E-state index in [1.807, 2.05) is 0 Å². The minimum atomic E-state index is 0.198. The van der Waals surface area contributed by atoms with Gasteiger partial charge in [-0.3, -0.25) is 0 Å². The molecular weight excluding hydrogens is 208 g/mol. The Morgan fingerprint density at radius 2 is 2.12 bits per heavy atom. The van der Waals surface area contributed by atoms with Crippen LogP contribution in [0.25, 0.3) is 0 Å². The number of benzene rings is 1. The topological polar surface area (TPSA) is 9.23 Å². The summed E-state index contributed by atoms with van der Waals surface area (Å²) in [5.41, 5.74) is 3.85. The van der Waals surface area contributed by atoms with Crippen LogP contribution in [0.2, 0.25) is 0 Å². The number of rotatable bonds is 0. The molecule has 17 heavy (non-hydrogen) atoms. The Morgan fingerprint density at radius 1 is 1.35 bits per heavy atom. The summed E-state index contributed by atoms with van der Waals surface area (Å²) in [7, 11) is 0. The summed E-state index contributed by atoms with van der Waals surface area (Å²) < 4.78 is 5.75. The molecule has 0 radical (unpaired) electrons. The first-order chi connectivity index (χ1) is 8.04. The summed E-state index contributed by atoms with van der Waals surface area (Å²) in [6.45, 7) is 9.56. The van der Waals surface area contributed by atoms with Crippen molar-refractivity contribution in [3.8, 4) is 17.6 Å². The minimum Gasteiger partial charge on any atom is -0.493 e. The van der Waals surface area contributed by atoms with Gasteiger partial charge in [-0.2, -0.15) is 0 Å². The molecule has 2 rings (SSSR count). The van der Waals surface area contributed by atoms with Gasteiger partial charge in [0.05, 0.1) is 6.61 Å². The molecule has 1 aliphatic heterocycles. The molecule has 90 valence electrons. The molecule has 0 unspecified atom stereocenters. The molecule has 1 nitrogen and oxygen atoms in total. The maximum absolute atomic E-state index is 5.75. The molecule has 1 aromatic carbocycles. The van der Waals surface area contributed by atoms with Crippen molar-refractivity contribution < 1.29 is 4.74 Å². The molecule has 1 aromatic rings. The Balaban J connectivity index is 2.53. The minimum absolute atomic E-state index is 0.198. The van der Waals surface area contributed by atoms with E-state index >= 15 is 0 Å². The highest BCUT2D eigenvalue weighted by Gasteiger charge is 2.29. The third-order valence-corrected chi connectivity index (χ3v) is 3.44. The molecule has 0 spiro atoms. The van der Waals surface area contributed by atoms with Gasteiger partial charge in [-0.15, -0.1) is 0 Å². The van der Waals surface area contributed by atoms with Crippen LogP contribution >= 0.6 is 0 Å². The first kappa shape index (κ1) is 12.0. The quantitative estimate of drug-likeness (QED) is 0.613. The van der Waals surface area contributed by atoms with Gasteiger partial charge in [0, 0.05) is 17.5 Å². The molecule has 0 aromatic heterocycles. The summed E-state index contributed by atoms with van der Waals surface area (Å²) in [4.78, 5) is 0. The molecule has 0 amide bonds. The fraction of sp³-hybridized carbons (Fsp3) is 0.500. The van der Waals surface area contributed by atoms with Gasteiger partial charge in [0.25, 0.3) is 0 Å². The van der Waals surface area contributed by atoms with E-state index in [4.69, 9.17) is 4.74 Å². The van der Waals surface area contributed by atoms with Gasteiger partial charge in [-0.05, 0) is 36.5 Å². The SMILES string of the molecule is CCC#Cc1cc2c(cc1C)OCCC2(C)C. The summed E-state index contributed by atoms with van der Waals surface area (Å²) in [6.07, 6.45) is 1.97. The lowest BCUT2D eigenvalue weighted by atomic mass is 9.78. The Hall–Kier alpha value is -1.42. The lowest BCUT2D eigenvalue weighted by molar-refractivity contribution is 0.234. The van der Waals surface area contributed by atoms with Gasteiger partial charge in [0.15, 0.2) is 0 Å². The predicted octanol–water partition coefficient (Wildman–Crippen LogP) is 3.82. The zero-order valence-corrected chi connectivity index (χ0v) is 11.2. The van der Waals surface area contributed by atoms with Crippen molar-refractivity contribution in [2.75, 3.05) is 6.61 Å². The van der Waals surface area contributed by atoms with E-state index in [9.17, 15) is 0 Å². The van der Waals surface area contributed by atoms with Crippen LogP contribution in [0.4, 0.5) is 0 Å². The number of ether oxygens (including phenoxy) is 1. The maximum Gasteiger partial charge on any atom is 0.123 e. The van der Waals surface area contributed by atoms with Crippen LogP contribution < -0.4 is 4.74 Å². The molecular formula is C16H20O. The van der Waals surface area contributed by atoms with Gasteiger partial charge >= 0.3 is 0 Å². The van der Waals surface area contributed by atoms with Gasteiger partial charge in [-0.25, -0.2) is 0 Å². The monoisotopic (exact) mass is 228 g/mol. The summed E-state index contributed by atoms with van der Waals surface area (Å²) in [5, 5.41) is 0. The molecule has 1 aliphatic rings. The Labute approximate surface area is 104 Å². The molecule has 0 N–H and O–H groups in total. The molecule has 1 heterocycles. The van der Waals surface area contributed by atoms with Crippen LogP contribution in [0, 0.1) is 18.8 Å². The van der Waals surface area contributed by atoms with Gasteiger partial charge in [-0.1, -0.05) is 32.6 Å². The van der Waals surface area contributed by atoms with Crippen molar-refractivity contribution in [2.45, 2.75) is 46.0 Å². The summed E-state index contributed by atoms with van der Waals surface area (Å²) in [5.74, 6) is 7.44. The average molecular weight is 228 g/mol. The zero-order valence-electron chi connectivity index (χ0n) is 11.2. The Kier molecular flexibility index (Phi) is 3.15. The molecule has 0 aliphatic carbocycles. The second-order valence-electron chi connectivity index (χ2n) is 5.30. The van der Waals surface area contributed by atoms with E-state index in [1.165, 1.54) is 11.1 Å². The third-order valence-electron chi connectivity index (χ3n) is 3.44. The number of aryl methyl sites for hydroxylation is 1. The van der Waals surface area contributed by atoms with Crippen molar-refractivity contribution in [2.24, 2.45) is 0 Å². The molecule has 0 atom stereocenters. The van der Waals surface area contributed by atoms with Crippen LogP contribution in [-0.4, -0.2) is 6.61 Å². The first-order valence-corrected chi connectivity index (χ1v) is 6.31. The smallest absolute Gasteiger partial charge is 0.123 e. The highest BCUT2D eigenvalue weighted by Crippen LogP contribution is 2.39. The normalized spacial score (nSPS) is 16.5. The maximum atomic E-state index is 5.75. The second-order valence-corrected chi connectivity index (χ2v) is 5.30. The van der Waals surface area contributed by atoms with E-state index in [-0.39, 0.29) is 5.41 Å². The fourth-order valence-electron chi connectivity index (χ4n) is 2.20. The Morgan fingerprint density at radius 3 is 2.82 bits per heavy atom. The molecule has 0 saturated carbocycles. The molecule has 0 fully saturated rings. The van der Waals surface area contributed by atoms with E-state index in [1.54, 1.807) is 0 Å². The average Bonchev–Trinajstić information content (AvgIpc) is 2.26. The zero-order chi connectivity index (χ0) is 12.5. The van der Waals surface area contributed by atoms with Gasteiger partial charge < -0.3 is 4.74 Å². The number of hydrogen-bond acceptors (Lipinski definition) is 1. The summed E-state index contributed by atoms with van der Waals surface area (Å²) in [6, 6.07) is 4.35. The largest absolute Gasteiger partial charge is 0.493 e. The van der Waals surface area contributed by atoms with Crippen molar-refractivity contribution in [3.05, 3.63) is 28.8 Å². The number of hydrogen-bond donors (Lipinski definition) is 0. The van der Waals surface area contributed by atoms with Crippen molar-refractivity contribution in [1.82, 2.24) is 0 Å². The first-order valence-electron chi connectivity index (χ1n) is 6.31. The summed E-state index contributed by atoms with van der Waals surface area (Å²) >= 11 is 0. The van der Waals surface area contributed by atoms with Crippen LogP contribution in [0.5, 0.6) is 5.75 Å². The van der Waals surface area contributed by atoms with Crippen molar-refractivity contribution in [3.63, 3.8) is 0 Å². The lowest BCUT2D eigenvalue weighted by Crippen LogP contribution is -2.26. The van der Waals surface area contributed by atoms with E-state index in [0.29, 0.717) is 0 Å². The van der Waals surface area contributed by atoms with Crippen LogP contribution in [-0.2, 0) is 5.41 Å². The molecule has 0 saturated heterocycles.